The van der Waals surface area contributed by atoms with E-state index < -0.39 is 0 Å². The predicted octanol–water partition coefficient (Wildman–Crippen LogP) is 3.20. The Morgan fingerprint density at radius 2 is 2.04 bits per heavy atom. The standard InChI is InChI=1S/C19H23N5O2S2/c1-2-6-16-15(5-1)20-17(28-16)13-27-19-22-21-18(23-7-10-25-11-8-23)24(19)12-14-4-3-9-26-14/h1-2,5-6,14H,3-4,7-13H2. The van der Waals surface area contributed by atoms with Crippen molar-refractivity contribution in [3.05, 3.63) is 29.3 Å². The molecule has 148 valence electrons. The van der Waals surface area contributed by atoms with E-state index in [1.807, 2.05) is 6.07 Å². The van der Waals surface area contributed by atoms with Gasteiger partial charge in [0.2, 0.25) is 5.95 Å². The van der Waals surface area contributed by atoms with Gasteiger partial charge in [-0.05, 0) is 25.0 Å². The number of anilines is 1. The van der Waals surface area contributed by atoms with Crippen LogP contribution in [0.1, 0.15) is 17.8 Å². The Morgan fingerprint density at radius 1 is 1.14 bits per heavy atom. The van der Waals surface area contributed by atoms with Crippen molar-refractivity contribution in [2.45, 2.75) is 36.4 Å². The molecular formula is C19H23N5O2S2. The number of rotatable bonds is 6. The monoisotopic (exact) mass is 417 g/mol. The van der Waals surface area contributed by atoms with Gasteiger partial charge in [-0.3, -0.25) is 4.57 Å². The van der Waals surface area contributed by atoms with E-state index in [0.29, 0.717) is 0 Å². The SMILES string of the molecule is c1ccc2sc(CSc3nnc(N4CCOCC4)n3CC3CCCO3)nc2c1. The molecule has 2 aliphatic heterocycles. The smallest absolute Gasteiger partial charge is 0.228 e. The van der Waals surface area contributed by atoms with Crippen molar-refractivity contribution < 1.29 is 9.47 Å². The molecule has 0 aliphatic carbocycles. The van der Waals surface area contributed by atoms with Crippen LogP contribution < -0.4 is 4.90 Å². The number of para-hydroxylation sites is 1. The lowest BCUT2D eigenvalue weighted by Crippen LogP contribution is -2.38. The molecule has 0 spiro atoms. The number of benzene rings is 1. The number of hydrogen-bond donors (Lipinski definition) is 0. The van der Waals surface area contributed by atoms with Crippen LogP contribution in [0.25, 0.3) is 10.2 Å². The van der Waals surface area contributed by atoms with Crippen LogP contribution in [0, 0.1) is 0 Å². The van der Waals surface area contributed by atoms with Crippen LogP contribution in [-0.4, -0.2) is 58.8 Å². The molecule has 1 unspecified atom stereocenters. The van der Waals surface area contributed by atoms with E-state index in [2.05, 4.69) is 37.9 Å². The maximum atomic E-state index is 5.89. The molecular weight excluding hydrogens is 394 g/mol. The average molecular weight is 418 g/mol. The van der Waals surface area contributed by atoms with Crippen molar-refractivity contribution in [3.63, 3.8) is 0 Å². The number of nitrogens with zero attached hydrogens (tertiary/aromatic N) is 5. The molecule has 2 saturated heterocycles. The minimum absolute atomic E-state index is 0.248. The van der Waals surface area contributed by atoms with Crippen molar-refractivity contribution in [2.24, 2.45) is 0 Å². The molecule has 5 rings (SSSR count). The van der Waals surface area contributed by atoms with Gasteiger partial charge in [0, 0.05) is 19.7 Å². The zero-order valence-corrected chi connectivity index (χ0v) is 17.3. The third-order valence-corrected chi connectivity index (χ3v) is 7.26. The molecule has 0 bridgehead atoms. The van der Waals surface area contributed by atoms with Gasteiger partial charge in [0.15, 0.2) is 5.16 Å². The normalized spacial score (nSPS) is 20.3. The summed E-state index contributed by atoms with van der Waals surface area (Å²) in [6, 6.07) is 8.28. The zero-order valence-electron chi connectivity index (χ0n) is 15.6. The molecule has 2 fully saturated rings. The molecule has 0 radical (unpaired) electrons. The highest BCUT2D eigenvalue weighted by atomic mass is 32.2. The number of fused-ring (bicyclic) bond motifs is 1. The lowest BCUT2D eigenvalue weighted by molar-refractivity contribution is 0.0942. The van der Waals surface area contributed by atoms with Crippen LogP contribution in [0.2, 0.25) is 0 Å². The fourth-order valence-corrected chi connectivity index (χ4v) is 5.55. The molecule has 0 N–H and O–H groups in total. The first-order valence-electron chi connectivity index (χ1n) is 9.71. The summed E-state index contributed by atoms with van der Waals surface area (Å²) in [5.74, 6) is 1.73. The van der Waals surface area contributed by atoms with Gasteiger partial charge in [-0.2, -0.15) is 0 Å². The highest BCUT2D eigenvalue weighted by molar-refractivity contribution is 7.98. The minimum Gasteiger partial charge on any atom is -0.378 e. The predicted molar refractivity (Wildman–Crippen MR) is 111 cm³/mol. The van der Waals surface area contributed by atoms with Crippen molar-refractivity contribution in [3.8, 4) is 0 Å². The maximum absolute atomic E-state index is 5.89. The van der Waals surface area contributed by atoms with Crippen molar-refractivity contribution in [1.29, 1.82) is 0 Å². The van der Waals surface area contributed by atoms with Gasteiger partial charge < -0.3 is 14.4 Å². The van der Waals surface area contributed by atoms with E-state index in [9.17, 15) is 0 Å². The second-order valence-corrected chi connectivity index (χ2v) is 9.05. The highest BCUT2D eigenvalue weighted by Crippen LogP contribution is 2.30. The van der Waals surface area contributed by atoms with Gasteiger partial charge in [-0.15, -0.1) is 21.5 Å². The Kier molecular flexibility index (Phi) is 5.48. The Balaban J connectivity index is 1.36. The van der Waals surface area contributed by atoms with E-state index in [4.69, 9.17) is 14.5 Å². The fraction of sp³-hybridized carbons (Fsp3) is 0.526. The van der Waals surface area contributed by atoms with Crippen molar-refractivity contribution >= 4 is 39.3 Å². The van der Waals surface area contributed by atoms with E-state index in [0.717, 1.165) is 79.7 Å². The molecule has 28 heavy (non-hydrogen) atoms. The molecule has 3 aromatic rings. The Morgan fingerprint density at radius 3 is 2.86 bits per heavy atom. The summed E-state index contributed by atoms with van der Waals surface area (Å²) in [6.45, 7) is 4.84. The van der Waals surface area contributed by atoms with E-state index in [1.54, 1.807) is 23.1 Å². The summed E-state index contributed by atoms with van der Waals surface area (Å²) in [6.07, 6.45) is 2.48. The van der Waals surface area contributed by atoms with Crippen LogP contribution in [0.4, 0.5) is 5.95 Å². The van der Waals surface area contributed by atoms with Gasteiger partial charge >= 0.3 is 0 Å². The summed E-state index contributed by atoms with van der Waals surface area (Å²) in [7, 11) is 0. The maximum Gasteiger partial charge on any atom is 0.228 e. The number of thioether (sulfide) groups is 1. The van der Waals surface area contributed by atoms with Crippen LogP contribution in [-0.2, 0) is 21.8 Å². The molecule has 0 amide bonds. The Hall–Kier alpha value is -1.68. The van der Waals surface area contributed by atoms with E-state index in [-0.39, 0.29) is 6.10 Å². The molecule has 9 heteroatoms. The van der Waals surface area contributed by atoms with Crippen molar-refractivity contribution in [1.82, 2.24) is 19.7 Å². The number of hydrogen-bond acceptors (Lipinski definition) is 8. The van der Waals surface area contributed by atoms with Crippen molar-refractivity contribution in [2.75, 3.05) is 37.8 Å². The van der Waals surface area contributed by atoms with Gasteiger partial charge in [-0.1, -0.05) is 23.9 Å². The molecule has 2 aliphatic rings. The number of morpholine rings is 1. The molecule has 4 heterocycles. The minimum atomic E-state index is 0.248. The average Bonchev–Trinajstić information content (AvgIpc) is 3.47. The number of thiazole rings is 1. The third-order valence-electron chi connectivity index (χ3n) is 5.06. The second-order valence-electron chi connectivity index (χ2n) is 6.99. The molecule has 2 aromatic heterocycles. The zero-order chi connectivity index (χ0) is 18.8. The largest absolute Gasteiger partial charge is 0.378 e. The van der Waals surface area contributed by atoms with Gasteiger partial charge in [0.05, 0.1) is 41.8 Å². The van der Waals surface area contributed by atoms with Gasteiger partial charge in [0.1, 0.15) is 5.01 Å². The third kappa shape index (κ3) is 3.89. The summed E-state index contributed by atoms with van der Waals surface area (Å²) in [5, 5.41) is 11.1. The number of ether oxygens (including phenoxy) is 2. The molecule has 1 aromatic carbocycles. The fourth-order valence-electron chi connectivity index (χ4n) is 3.64. The van der Waals surface area contributed by atoms with Gasteiger partial charge in [0.25, 0.3) is 0 Å². The first-order chi connectivity index (χ1) is 13.9. The highest BCUT2D eigenvalue weighted by Gasteiger charge is 2.25. The summed E-state index contributed by atoms with van der Waals surface area (Å²) >= 11 is 3.46. The number of aromatic nitrogens is 4. The van der Waals surface area contributed by atoms with Crippen LogP contribution in [0.15, 0.2) is 29.4 Å². The molecule has 7 nitrogen and oxygen atoms in total. The van der Waals surface area contributed by atoms with E-state index >= 15 is 0 Å². The first-order valence-corrected chi connectivity index (χ1v) is 11.5. The topological polar surface area (TPSA) is 65.3 Å². The summed E-state index contributed by atoms with van der Waals surface area (Å²) in [4.78, 5) is 7.02. The van der Waals surface area contributed by atoms with Gasteiger partial charge in [-0.25, -0.2) is 4.98 Å². The lowest BCUT2D eigenvalue weighted by Gasteiger charge is -2.28. The molecule has 0 saturated carbocycles. The Labute approximate surface area is 172 Å². The quantitative estimate of drug-likeness (QED) is 0.571. The Bertz CT molecular complexity index is 898. The summed E-state index contributed by atoms with van der Waals surface area (Å²) in [5.41, 5.74) is 1.07. The molecule has 1 atom stereocenters. The lowest BCUT2D eigenvalue weighted by atomic mass is 10.2. The summed E-state index contributed by atoms with van der Waals surface area (Å²) < 4.78 is 14.9. The van der Waals surface area contributed by atoms with Crippen LogP contribution in [0.5, 0.6) is 0 Å². The van der Waals surface area contributed by atoms with E-state index in [1.165, 1.54) is 4.70 Å². The first kappa shape index (κ1) is 18.4. The second kappa shape index (κ2) is 8.36. The van der Waals surface area contributed by atoms with Crippen LogP contribution >= 0.6 is 23.1 Å². The van der Waals surface area contributed by atoms with Crippen LogP contribution in [0.3, 0.4) is 0 Å².